The number of ether oxygens (including phenoxy) is 2. The van der Waals surface area contributed by atoms with Gasteiger partial charge in [0, 0.05) is 32.2 Å². The highest BCUT2D eigenvalue weighted by molar-refractivity contribution is 5.93. The predicted molar refractivity (Wildman–Crippen MR) is 70.1 cm³/mol. The van der Waals surface area contributed by atoms with E-state index in [1.54, 1.807) is 4.90 Å². The molecule has 2 aliphatic rings. The highest BCUT2D eigenvalue weighted by Crippen LogP contribution is 2.33. The van der Waals surface area contributed by atoms with Gasteiger partial charge in [-0.2, -0.15) is 0 Å². The molecular weight excluding hydrogens is 246 g/mol. The second-order valence-electron chi connectivity index (χ2n) is 5.15. The number of carbonyl (C=O) groups excluding carboxylic acids is 1. The predicted octanol–water partition coefficient (Wildman–Crippen LogP) is 1.13. The van der Waals surface area contributed by atoms with Crippen molar-refractivity contribution in [3.63, 3.8) is 0 Å². The molecule has 1 N–H and O–H groups in total. The average molecular weight is 269 g/mol. The van der Waals surface area contributed by atoms with Crippen LogP contribution in [0.2, 0.25) is 0 Å². The van der Waals surface area contributed by atoms with Gasteiger partial charge in [-0.15, -0.1) is 0 Å². The lowest BCUT2D eigenvalue weighted by molar-refractivity contribution is -0.172. The molecule has 3 atom stereocenters. The number of hydrogen-bond acceptors (Lipinski definition) is 4. The maximum atomic E-state index is 12.0. The van der Waals surface area contributed by atoms with Crippen molar-refractivity contribution < 1.29 is 19.4 Å². The molecule has 108 valence electrons. The molecular formula is C14H23NO4. The Morgan fingerprint density at radius 3 is 2.89 bits per heavy atom. The molecule has 1 amide bonds. The smallest absolute Gasteiger partial charge is 0.288 e. The molecule has 19 heavy (non-hydrogen) atoms. The fraction of sp³-hybridized carbons (Fsp3) is 0.786. The van der Waals surface area contributed by atoms with Gasteiger partial charge in [-0.3, -0.25) is 4.79 Å². The van der Waals surface area contributed by atoms with Crippen molar-refractivity contribution in [3.05, 3.63) is 11.8 Å². The Balaban J connectivity index is 2.06. The summed E-state index contributed by atoms with van der Waals surface area (Å²) in [6.45, 7) is 6.36. The lowest BCUT2D eigenvalue weighted by atomic mass is 9.87. The average Bonchev–Trinajstić information content (AvgIpc) is 3.21. The van der Waals surface area contributed by atoms with Gasteiger partial charge in [0.25, 0.3) is 5.91 Å². The molecule has 2 aliphatic heterocycles. The Morgan fingerprint density at radius 1 is 1.58 bits per heavy atom. The van der Waals surface area contributed by atoms with Crippen LogP contribution < -0.4 is 0 Å². The Labute approximate surface area is 114 Å². The number of aliphatic hydroxyl groups excluding tert-OH is 1. The van der Waals surface area contributed by atoms with Crippen LogP contribution >= 0.6 is 0 Å². The van der Waals surface area contributed by atoms with Gasteiger partial charge in [-0.05, 0) is 31.8 Å². The molecule has 2 rings (SSSR count). The Morgan fingerprint density at radius 2 is 2.32 bits per heavy atom. The van der Waals surface area contributed by atoms with Crippen molar-refractivity contribution >= 4 is 5.91 Å². The quantitative estimate of drug-likeness (QED) is 0.734. The summed E-state index contributed by atoms with van der Waals surface area (Å²) >= 11 is 0. The highest BCUT2D eigenvalue weighted by atomic mass is 16.7. The summed E-state index contributed by atoms with van der Waals surface area (Å²) < 4.78 is 11.4. The number of allylic oxidation sites excluding steroid dienone is 1. The largest absolute Gasteiger partial charge is 0.459 e. The summed E-state index contributed by atoms with van der Waals surface area (Å²) in [6.07, 6.45) is 3.09. The van der Waals surface area contributed by atoms with Crippen molar-refractivity contribution in [2.45, 2.75) is 33.0 Å². The number of aliphatic hydroxyl groups is 1. The number of carbonyl (C=O) groups is 1. The molecule has 0 unspecified atom stereocenters. The van der Waals surface area contributed by atoms with Crippen LogP contribution in [-0.4, -0.2) is 48.5 Å². The van der Waals surface area contributed by atoms with E-state index in [2.05, 4.69) is 6.92 Å². The molecule has 0 aromatic carbocycles. The van der Waals surface area contributed by atoms with E-state index in [0.29, 0.717) is 12.4 Å². The van der Waals surface area contributed by atoms with E-state index in [1.165, 1.54) is 0 Å². The second kappa shape index (κ2) is 6.39. The number of nitrogens with zero attached hydrogens (tertiary/aromatic N) is 1. The van der Waals surface area contributed by atoms with Crippen molar-refractivity contribution in [3.8, 4) is 0 Å². The summed E-state index contributed by atoms with van der Waals surface area (Å²) in [5, 5.41) is 8.96. The fourth-order valence-corrected chi connectivity index (χ4v) is 2.44. The third-order valence-corrected chi connectivity index (χ3v) is 3.65. The van der Waals surface area contributed by atoms with Crippen LogP contribution in [0.1, 0.15) is 26.7 Å². The third-order valence-electron chi connectivity index (χ3n) is 3.65. The molecule has 0 radical (unpaired) electrons. The van der Waals surface area contributed by atoms with E-state index in [9.17, 15) is 4.79 Å². The molecule has 1 fully saturated rings. The molecule has 0 saturated carbocycles. The van der Waals surface area contributed by atoms with Crippen LogP contribution in [0.5, 0.6) is 0 Å². The van der Waals surface area contributed by atoms with Gasteiger partial charge in [-0.1, -0.05) is 6.92 Å². The van der Waals surface area contributed by atoms with Gasteiger partial charge in [0.05, 0.1) is 0 Å². The second-order valence-corrected chi connectivity index (χ2v) is 5.15. The maximum absolute atomic E-state index is 12.0. The lowest BCUT2D eigenvalue weighted by Gasteiger charge is -2.35. The van der Waals surface area contributed by atoms with Crippen LogP contribution in [-0.2, 0) is 14.3 Å². The zero-order valence-corrected chi connectivity index (χ0v) is 11.7. The fourth-order valence-electron chi connectivity index (χ4n) is 2.44. The van der Waals surface area contributed by atoms with E-state index < -0.39 is 0 Å². The molecule has 2 heterocycles. The van der Waals surface area contributed by atoms with E-state index >= 15 is 0 Å². The van der Waals surface area contributed by atoms with Gasteiger partial charge < -0.3 is 19.5 Å². The van der Waals surface area contributed by atoms with Crippen LogP contribution in [0.15, 0.2) is 11.8 Å². The van der Waals surface area contributed by atoms with Gasteiger partial charge >= 0.3 is 0 Å². The summed E-state index contributed by atoms with van der Waals surface area (Å²) in [4.78, 5) is 13.8. The maximum Gasteiger partial charge on any atom is 0.288 e. The minimum atomic E-state index is -0.379. The van der Waals surface area contributed by atoms with Crippen LogP contribution in [0.25, 0.3) is 0 Å². The number of hydrogen-bond donors (Lipinski definition) is 1. The minimum absolute atomic E-state index is 0.0304. The first-order valence-corrected chi connectivity index (χ1v) is 7.07. The first-order chi connectivity index (χ1) is 9.17. The van der Waals surface area contributed by atoms with E-state index in [-0.39, 0.29) is 30.6 Å². The van der Waals surface area contributed by atoms with Crippen molar-refractivity contribution in [2.24, 2.45) is 11.8 Å². The summed E-state index contributed by atoms with van der Waals surface area (Å²) in [5.74, 6) is 0.800. The van der Waals surface area contributed by atoms with Crippen LogP contribution in [0.3, 0.4) is 0 Å². The number of rotatable bonds is 6. The molecule has 1 saturated heterocycles. The summed E-state index contributed by atoms with van der Waals surface area (Å²) in [6, 6.07) is 0. The SMILES string of the molecule is CCO[C@H]1OC(C(=O)N2CC2)=C[C@@H](C)[C@H]1CCCO. The van der Waals surface area contributed by atoms with Crippen molar-refractivity contribution in [2.75, 3.05) is 26.3 Å². The molecule has 0 aromatic heterocycles. The standard InChI is InChI=1S/C14H23NO4/c1-3-18-14-11(5-4-8-16)10(2)9-12(19-14)13(17)15-6-7-15/h9-11,14,16H,3-8H2,1-2H3/t10-,11-,14+/m1/s1. The van der Waals surface area contributed by atoms with Gasteiger partial charge in [0.1, 0.15) is 0 Å². The Bertz CT molecular complexity index is 351. The van der Waals surface area contributed by atoms with E-state index in [0.717, 1.165) is 25.9 Å². The Kier molecular flexibility index (Phi) is 4.82. The Hall–Kier alpha value is -1.07. The molecule has 0 aliphatic carbocycles. The van der Waals surface area contributed by atoms with Crippen molar-refractivity contribution in [1.82, 2.24) is 4.90 Å². The molecule has 0 spiro atoms. The zero-order chi connectivity index (χ0) is 13.8. The van der Waals surface area contributed by atoms with Crippen LogP contribution in [0.4, 0.5) is 0 Å². The van der Waals surface area contributed by atoms with E-state index in [1.807, 2.05) is 13.0 Å². The van der Waals surface area contributed by atoms with Gasteiger partial charge in [0.15, 0.2) is 5.76 Å². The van der Waals surface area contributed by atoms with Gasteiger partial charge in [0.2, 0.25) is 6.29 Å². The first kappa shape index (κ1) is 14.3. The molecule has 5 heteroatoms. The summed E-state index contributed by atoms with van der Waals surface area (Å²) in [7, 11) is 0. The van der Waals surface area contributed by atoms with E-state index in [4.69, 9.17) is 14.6 Å². The zero-order valence-electron chi connectivity index (χ0n) is 11.7. The first-order valence-electron chi connectivity index (χ1n) is 7.07. The monoisotopic (exact) mass is 269 g/mol. The highest BCUT2D eigenvalue weighted by Gasteiger charge is 2.37. The summed E-state index contributed by atoms with van der Waals surface area (Å²) in [5.41, 5.74) is 0. The molecule has 0 aromatic rings. The van der Waals surface area contributed by atoms with Crippen LogP contribution in [0, 0.1) is 11.8 Å². The number of amides is 1. The van der Waals surface area contributed by atoms with Gasteiger partial charge in [-0.25, -0.2) is 0 Å². The topological polar surface area (TPSA) is 58.8 Å². The lowest BCUT2D eigenvalue weighted by Crippen LogP contribution is -2.37. The molecule has 5 nitrogen and oxygen atoms in total. The van der Waals surface area contributed by atoms with Crippen molar-refractivity contribution in [1.29, 1.82) is 0 Å². The minimum Gasteiger partial charge on any atom is -0.459 e. The third kappa shape index (κ3) is 3.48. The molecule has 0 bridgehead atoms. The normalized spacial score (nSPS) is 29.7.